The second-order valence-electron chi connectivity index (χ2n) is 9.95. The maximum Gasteiger partial charge on any atom is 0.257 e. The van der Waals surface area contributed by atoms with Gasteiger partial charge in [-0.25, -0.2) is 4.98 Å². The summed E-state index contributed by atoms with van der Waals surface area (Å²) in [6.45, 7) is 0.554. The Hall–Kier alpha value is -3.80. The van der Waals surface area contributed by atoms with Gasteiger partial charge in [-0.1, -0.05) is 24.3 Å². The molecule has 1 atom stereocenters. The number of aromatic nitrogens is 3. The fraction of sp³-hybridized carbons (Fsp3) is 0.310. The van der Waals surface area contributed by atoms with Crippen LogP contribution >= 0.6 is 11.3 Å². The molecule has 0 radical (unpaired) electrons. The summed E-state index contributed by atoms with van der Waals surface area (Å²) >= 11 is 1.62. The van der Waals surface area contributed by atoms with Crippen molar-refractivity contribution in [2.75, 3.05) is 12.4 Å². The van der Waals surface area contributed by atoms with Gasteiger partial charge in [0.05, 0.1) is 30.1 Å². The lowest BCUT2D eigenvalue weighted by atomic mass is 9.96. The molecule has 2 aliphatic carbocycles. The zero-order valence-corrected chi connectivity index (χ0v) is 21.5. The fourth-order valence-corrected chi connectivity index (χ4v) is 6.12. The van der Waals surface area contributed by atoms with Crippen LogP contribution in [0.1, 0.15) is 51.3 Å². The first-order valence-electron chi connectivity index (χ1n) is 12.7. The van der Waals surface area contributed by atoms with E-state index in [-0.39, 0.29) is 5.91 Å². The summed E-state index contributed by atoms with van der Waals surface area (Å²) in [5, 5.41) is 17.2. The number of nitrogens with one attached hydrogen (secondary N) is 1. The minimum atomic E-state index is -0.140. The second kappa shape index (κ2) is 9.92. The van der Waals surface area contributed by atoms with Crippen molar-refractivity contribution in [3.05, 3.63) is 88.2 Å². The van der Waals surface area contributed by atoms with Crippen LogP contribution < -0.4 is 5.32 Å². The van der Waals surface area contributed by atoms with Crippen LogP contribution in [0.15, 0.2) is 60.9 Å². The molecule has 2 aromatic carbocycles. The highest BCUT2D eigenvalue weighted by molar-refractivity contribution is 7.15. The van der Waals surface area contributed by atoms with Gasteiger partial charge in [0, 0.05) is 34.3 Å². The fourth-order valence-electron chi connectivity index (χ4n) is 5.04. The lowest BCUT2D eigenvalue weighted by Gasteiger charge is -2.30. The standard InChI is InChI=1S/C29H28N6OS/c1-34(24-9-10-24)25-11-12-26-27(14-25)37-29(32-26)33-28(36)22-4-2-3-20(13-22)17-35-18-23(16-31-35)21-7-5-19(15-30)6-8-21/h2-8,13,16,18,24-25H,9-12,14,17H2,1H3,(H,32,33,36). The van der Waals surface area contributed by atoms with Gasteiger partial charge >= 0.3 is 0 Å². The second-order valence-corrected chi connectivity index (χ2v) is 11.0. The molecule has 1 N–H and O–H groups in total. The first kappa shape index (κ1) is 23.6. The van der Waals surface area contributed by atoms with Crippen molar-refractivity contribution >= 4 is 22.4 Å². The molecule has 2 heterocycles. The van der Waals surface area contributed by atoms with Crippen LogP contribution in [-0.2, 0) is 19.4 Å². The third-order valence-corrected chi connectivity index (χ3v) is 8.38. The maximum absolute atomic E-state index is 13.0. The Kier molecular flexibility index (Phi) is 6.33. The van der Waals surface area contributed by atoms with Gasteiger partial charge in [0.2, 0.25) is 0 Å². The van der Waals surface area contributed by atoms with Crippen LogP contribution in [0.3, 0.4) is 0 Å². The molecule has 2 aromatic heterocycles. The SMILES string of the molecule is CN(C1CC1)C1CCc2nc(NC(=O)c3cccc(Cn4cc(-c5ccc(C#N)cc5)cn4)c3)sc2C1. The third-order valence-electron chi connectivity index (χ3n) is 7.35. The molecule has 0 spiro atoms. The molecule has 0 saturated heterocycles. The lowest BCUT2D eigenvalue weighted by molar-refractivity contribution is 0.102. The van der Waals surface area contributed by atoms with Crippen molar-refractivity contribution in [3.8, 4) is 17.2 Å². The number of benzene rings is 2. The molecule has 7 nitrogen and oxygen atoms in total. The average Bonchev–Trinajstić information content (AvgIpc) is 3.54. The lowest BCUT2D eigenvalue weighted by Crippen LogP contribution is -2.37. The number of thiazole rings is 1. The van der Waals surface area contributed by atoms with Gasteiger partial charge in [-0.3, -0.25) is 14.8 Å². The van der Waals surface area contributed by atoms with E-state index in [4.69, 9.17) is 10.2 Å². The van der Waals surface area contributed by atoms with Gasteiger partial charge in [-0.05, 0) is 74.5 Å². The van der Waals surface area contributed by atoms with E-state index in [9.17, 15) is 4.79 Å². The molecule has 186 valence electrons. The molecule has 4 aromatic rings. The van der Waals surface area contributed by atoms with E-state index in [2.05, 4.69) is 28.4 Å². The molecule has 1 saturated carbocycles. The van der Waals surface area contributed by atoms with Crippen molar-refractivity contribution in [1.29, 1.82) is 5.26 Å². The molecule has 6 rings (SSSR count). The van der Waals surface area contributed by atoms with E-state index < -0.39 is 0 Å². The largest absolute Gasteiger partial charge is 0.300 e. The molecule has 37 heavy (non-hydrogen) atoms. The van der Waals surface area contributed by atoms with Crippen molar-refractivity contribution in [2.24, 2.45) is 0 Å². The van der Waals surface area contributed by atoms with Gasteiger partial charge in [0.15, 0.2) is 5.13 Å². The third kappa shape index (κ3) is 5.19. The Morgan fingerprint density at radius 3 is 2.78 bits per heavy atom. The Bertz CT molecular complexity index is 1480. The molecular formula is C29H28N6OS. The number of carbonyl (C=O) groups is 1. The summed E-state index contributed by atoms with van der Waals surface area (Å²) in [5.74, 6) is -0.140. The number of fused-ring (bicyclic) bond motifs is 1. The van der Waals surface area contributed by atoms with Crippen molar-refractivity contribution in [1.82, 2.24) is 19.7 Å². The summed E-state index contributed by atoms with van der Waals surface area (Å²) in [7, 11) is 2.25. The number of nitriles is 1. The summed E-state index contributed by atoms with van der Waals surface area (Å²) in [5.41, 5.74) is 5.37. The van der Waals surface area contributed by atoms with Crippen molar-refractivity contribution in [3.63, 3.8) is 0 Å². The van der Waals surface area contributed by atoms with Gasteiger partial charge in [-0.2, -0.15) is 10.4 Å². The van der Waals surface area contributed by atoms with Gasteiger partial charge in [-0.15, -0.1) is 11.3 Å². The number of amides is 1. The van der Waals surface area contributed by atoms with E-state index in [1.807, 2.05) is 53.5 Å². The Morgan fingerprint density at radius 2 is 2.00 bits per heavy atom. The topological polar surface area (TPSA) is 86.8 Å². The normalized spacial score (nSPS) is 16.8. The molecule has 0 bridgehead atoms. The van der Waals surface area contributed by atoms with Gasteiger partial charge in [0.25, 0.3) is 5.91 Å². The molecule has 2 aliphatic rings. The van der Waals surface area contributed by atoms with Gasteiger partial charge in [0.1, 0.15) is 0 Å². The van der Waals surface area contributed by atoms with Crippen LogP contribution in [0.2, 0.25) is 0 Å². The van der Waals surface area contributed by atoms with Crippen molar-refractivity contribution < 1.29 is 4.79 Å². The number of likely N-dealkylation sites (N-methyl/N-ethyl adjacent to an activating group) is 1. The van der Waals surface area contributed by atoms with Crippen LogP contribution in [-0.4, -0.2) is 44.7 Å². The van der Waals surface area contributed by atoms with E-state index in [1.165, 1.54) is 17.7 Å². The van der Waals surface area contributed by atoms with E-state index in [0.29, 0.717) is 28.8 Å². The van der Waals surface area contributed by atoms with Crippen molar-refractivity contribution in [2.45, 2.75) is 50.7 Å². The number of carbonyl (C=O) groups excluding carboxylic acids is 1. The number of nitrogens with zero attached hydrogens (tertiary/aromatic N) is 5. The molecule has 1 unspecified atom stereocenters. The molecule has 1 fully saturated rings. The first-order valence-corrected chi connectivity index (χ1v) is 13.5. The van der Waals surface area contributed by atoms with Crippen LogP contribution in [0.5, 0.6) is 0 Å². The highest BCUT2D eigenvalue weighted by Crippen LogP contribution is 2.35. The Morgan fingerprint density at radius 1 is 1.16 bits per heavy atom. The predicted molar refractivity (Wildman–Crippen MR) is 145 cm³/mol. The quantitative estimate of drug-likeness (QED) is 0.374. The number of rotatable bonds is 7. The highest BCUT2D eigenvalue weighted by atomic mass is 32.1. The zero-order valence-electron chi connectivity index (χ0n) is 20.7. The monoisotopic (exact) mass is 508 g/mol. The number of hydrogen-bond donors (Lipinski definition) is 1. The maximum atomic E-state index is 13.0. The van der Waals surface area contributed by atoms with Crippen LogP contribution in [0.25, 0.3) is 11.1 Å². The van der Waals surface area contributed by atoms with Gasteiger partial charge < -0.3 is 4.90 Å². The van der Waals surface area contributed by atoms with E-state index in [1.54, 1.807) is 23.5 Å². The Labute approximate surface area is 220 Å². The summed E-state index contributed by atoms with van der Waals surface area (Å²) < 4.78 is 1.86. The molecular weight excluding hydrogens is 480 g/mol. The predicted octanol–water partition coefficient (Wildman–Crippen LogP) is 5.13. The molecule has 0 aliphatic heterocycles. The van der Waals surface area contributed by atoms with Crippen LogP contribution in [0.4, 0.5) is 5.13 Å². The van der Waals surface area contributed by atoms with E-state index >= 15 is 0 Å². The number of anilines is 1. The first-order chi connectivity index (χ1) is 18.1. The average molecular weight is 509 g/mol. The zero-order chi connectivity index (χ0) is 25.4. The highest BCUT2D eigenvalue weighted by Gasteiger charge is 2.33. The number of hydrogen-bond acceptors (Lipinski definition) is 6. The minimum Gasteiger partial charge on any atom is -0.300 e. The smallest absolute Gasteiger partial charge is 0.257 e. The number of aryl methyl sites for hydroxylation is 1. The van der Waals surface area contributed by atoms with E-state index in [0.717, 1.165) is 47.7 Å². The minimum absolute atomic E-state index is 0.140. The van der Waals surface area contributed by atoms with Crippen LogP contribution in [0, 0.1) is 11.3 Å². The molecule has 8 heteroatoms. The summed E-state index contributed by atoms with van der Waals surface area (Å²) in [6, 6.07) is 18.6. The summed E-state index contributed by atoms with van der Waals surface area (Å²) in [6.07, 6.45) is 9.58. The molecule has 1 amide bonds. The summed E-state index contributed by atoms with van der Waals surface area (Å²) in [4.78, 5) is 21.6. The Balaban J connectivity index is 1.10.